The summed E-state index contributed by atoms with van der Waals surface area (Å²) in [6.45, 7) is 4.29. The van der Waals surface area contributed by atoms with Gasteiger partial charge in [-0.1, -0.05) is 19.4 Å². The summed E-state index contributed by atoms with van der Waals surface area (Å²) in [5.74, 6) is 0.874. The predicted molar refractivity (Wildman–Crippen MR) is 41.8 cm³/mol. The third-order valence-electron chi connectivity index (χ3n) is 1.98. The molecule has 1 aliphatic rings. The summed E-state index contributed by atoms with van der Waals surface area (Å²) >= 11 is 0. The molecule has 0 saturated carbocycles. The Balaban J connectivity index is 2.66. The molecule has 0 aliphatic heterocycles. The van der Waals surface area contributed by atoms with E-state index in [2.05, 4.69) is 13.8 Å². The molecule has 0 saturated heterocycles. The van der Waals surface area contributed by atoms with Gasteiger partial charge in [0, 0.05) is 6.42 Å². The number of carbonyl (C=O) groups excluding carboxylic acids is 1. The van der Waals surface area contributed by atoms with Crippen molar-refractivity contribution in [1.29, 1.82) is 0 Å². The monoisotopic (exact) mass is 138 g/mol. The maximum Gasteiger partial charge on any atom is 0.155 e. The van der Waals surface area contributed by atoms with Gasteiger partial charge in [0.25, 0.3) is 0 Å². The zero-order chi connectivity index (χ0) is 7.56. The van der Waals surface area contributed by atoms with Crippen LogP contribution < -0.4 is 0 Å². The second-order valence-electron chi connectivity index (χ2n) is 3.19. The Morgan fingerprint density at radius 3 is 2.50 bits per heavy atom. The van der Waals surface area contributed by atoms with E-state index in [0.29, 0.717) is 11.7 Å². The Bertz CT molecular complexity index is 166. The summed E-state index contributed by atoms with van der Waals surface area (Å²) in [5.41, 5.74) is 1.33. The second-order valence-corrected chi connectivity index (χ2v) is 3.19. The predicted octanol–water partition coefficient (Wildman–Crippen LogP) is 2.32. The van der Waals surface area contributed by atoms with Crippen LogP contribution in [0, 0.1) is 5.92 Å². The first-order chi connectivity index (χ1) is 4.70. The van der Waals surface area contributed by atoms with E-state index in [0.717, 1.165) is 19.3 Å². The van der Waals surface area contributed by atoms with Crippen LogP contribution in [-0.2, 0) is 4.79 Å². The summed E-state index contributed by atoms with van der Waals surface area (Å²) in [6.07, 6.45) is 4.77. The topological polar surface area (TPSA) is 17.1 Å². The van der Waals surface area contributed by atoms with Crippen molar-refractivity contribution in [3.63, 3.8) is 0 Å². The summed E-state index contributed by atoms with van der Waals surface area (Å²) in [6, 6.07) is 0. The molecule has 56 valence electrons. The average molecular weight is 138 g/mol. The lowest BCUT2D eigenvalue weighted by Gasteiger charge is -2.14. The Hall–Kier alpha value is -0.590. The number of allylic oxidation sites excluding steroid dienone is 2. The van der Waals surface area contributed by atoms with E-state index >= 15 is 0 Å². The van der Waals surface area contributed by atoms with Crippen LogP contribution in [0.3, 0.4) is 0 Å². The van der Waals surface area contributed by atoms with E-state index in [9.17, 15) is 4.79 Å². The minimum Gasteiger partial charge on any atom is -0.295 e. The summed E-state index contributed by atoms with van der Waals surface area (Å²) in [7, 11) is 0. The van der Waals surface area contributed by atoms with Gasteiger partial charge in [-0.15, -0.1) is 0 Å². The number of rotatable bonds is 1. The van der Waals surface area contributed by atoms with Gasteiger partial charge in [-0.25, -0.2) is 0 Å². The third kappa shape index (κ3) is 1.69. The van der Waals surface area contributed by atoms with Crippen molar-refractivity contribution in [2.45, 2.75) is 33.1 Å². The van der Waals surface area contributed by atoms with E-state index in [4.69, 9.17) is 0 Å². The molecule has 0 aromatic rings. The maximum absolute atomic E-state index is 10.9. The molecule has 1 aliphatic carbocycles. The van der Waals surface area contributed by atoms with Gasteiger partial charge >= 0.3 is 0 Å². The van der Waals surface area contributed by atoms with Crippen LogP contribution in [0.25, 0.3) is 0 Å². The van der Waals surface area contributed by atoms with Crippen LogP contribution in [0.1, 0.15) is 33.1 Å². The molecule has 0 bridgehead atoms. The highest BCUT2D eigenvalue weighted by atomic mass is 16.1. The zero-order valence-electron chi connectivity index (χ0n) is 6.68. The van der Waals surface area contributed by atoms with E-state index in [1.165, 1.54) is 5.57 Å². The quantitative estimate of drug-likeness (QED) is 0.543. The van der Waals surface area contributed by atoms with Gasteiger partial charge in [0.15, 0.2) is 5.78 Å². The van der Waals surface area contributed by atoms with E-state index in [-0.39, 0.29) is 0 Å². The highest BCUT2D eigenvalue weighted by Gasteiger charge is 2.11. The molecular formula is C9H14O. The van der Waals surface area contributed by atoms with Crippen molar-refractivity contribution in [2.24, 2.45) is 5.92 Å². The zero-order valence-corrected chi connectivity index (χ0v) is 6.68. The van der Waals surface area contributed by atoms with Crippen LogP contribution in [0.5, 0.6) is 0 Å². The highest BCUT2D eigenvalue weighted by Crippen LogP contribution is 2.21. The van der Waals surface area contributed by atoms with Crippen molar-refractivity contribution >= 4 is 5.78 Å². The van der Waals surface area contributed by atoms with Crippen LogP contribution in [-0.4, -0.2) is 5.78 Å². The summed E-state index contributed by atoms with van der Waals surface area (Å²) < 4.78 is 0. The van der Waals surface area contributed by atoms with Crippen molar-refractivity contribution in [2.75, 3.05) is 0 Å². The number of hydrogen-bond donors (Lipinski definition) is 0. The molecule has 0 unspecified atom stereocenters. The minimum absolute atomic E-state index is 0.315. The molecule has 0 aromatic carbocycles. The Morgan fingerprint density at radius 2 is 2.10 bits per heavy atom. The summed E-state index contributed by atoms with van der Waals surface area (Å²) in [4.78, 5) is 10.9. The van der Waals surface area contributed by atoms with Gasteiger partial charge in [0.2, 0.25) is 0 Å². The fraction of sp³-hybridized carbons (Fsp3) is 0.667. The molecule has 10 heavy (non-hydrogen) atoms. The molecule has 0 atom stereocenters. The summed E-state index contributed by atoms with van der Waals surface area (Å²) in [5, 5.41) is 0. The Morgan fingerprint density at radius 1 is 1.40 bits per heavy atom. The maximum atomic E-state index is 10.9. The smallest absolute Gasteiger partial charge is 0.155 e. The van der Waals surface area contributed by atoms with E-state index < -0.39 is 0 Å². The van der Waals surface area contributed by atoms with Gasteiger partial charge in [-0.3, -0.25) is 4.79 Å². The Kier molecular flexibility index (Phi) is 2.25. The van der Waals surface area contributed by atoms with Gasteiger partial charge in [-0.05, 0) is 24.8 Å². The van der Waals surface area contributed by atoms with Crippen molar-refractivity contribution in [1.82, 2.24) is 0 Å². The van der Waals surface area contributed by atoms with Crippen molar-refractivity contribution < 1.29 is 4.79 Å². The SMILES string of the molecule is CC(C)C1=CC(=O)CCC1. The molecule has 0 fully saturated rings. The lowest BCUT2D eigenvalue weighted by Crippen LogP contribution is -2.06. The van der Waals surface area contributed by atoms with E-state index in [1.54, 1.807) is 0 Å². The molecule has 0 N–H and O–H groups in total. The van der Waals surface area contributed by atoms with Gasteiger partial charge in [0.05, 0.1) is 0 Å². The molecule has 0 aromatic heterocycles. The average Bonchev–Trinajstić information content (AvgIpc) is 1.88. The normalized spacial score (nSPS) is 19.5. The molecule has 0 radical (unpaired) electrons. The fourth-order valence-electron chi connectivity index (χ4n) is 1.27. The fourth-order valence-corrected chi connectivity index (χ4v) is 1.27. The Labute approximate surface area is 62.1 Å². The third-order valence-corrected chi connectivity index (χ3v) is 1.98. The molecule has 0 spiro atoms. The number of carbonyl (C=O) groups is 1. The largest absolute Gasteiger partial charge is 0.295 e. The first-order valence-electron chi connectivity index (χ1n) is 3.93. The van der Waals surface area contributed by atoms with Crippen molar-refractivity contribution in [3.05, 3.63) is 11.6 Å². The van der Waals surface area contributed by atoms with Crippen molar-refractivity contribution in [3.8, 4) is 0 Å². The van der Waals surface area contributed by atoms with E-state index in [1.807, 2.05) is 6.08 Å². The van der Waals surface area contributed by atoms with Gasteiger partial charge < -0.3 is 0 Å². The molecule has 1 heteroatoms. The molecular weight excluding hydrogens is 124 g/mol. The standard InChI is InChI=1S/C9H14O/c1-7(2)8-4-3-5-9(10)6-8/h6-7H,3-5H2,1-2H3. The number of ketones is 1. The van der Waals surface area contributed by atoms with Crippen LogP contribution in [0.2, 0.25) is 0 Å². The highest BCUT2D eigenvalue weighted by molar-refractivity contribution is 5.91. The second kappa shape index (κ2) is 3.00. The molecule has 1 rings (SSSR count). The minimum atomic E-state index is 0.315. The van der Waals surface area contributed by atoms with Crippen LogP contribution in [0.4, 0.5) is 0 Å². The molecule has 0 heterocycles. The lowest BCUT2D eigenvalue weighted by molar-refractivity contribution is -0.115. The number of hydrogen-bond acceptors (Lipinski definition) is 1. The van der Waals surface area contributed by atoms with Gasteiger partial charge in [0.1, 0.15) is 0 Å². The van der Waals surface area contributed by atoms with Gasteiger partial charge in [-0.2, -0.15) is 0 Å². The first-order valence-corrected chi connectivity index (χ1v) is 3.93. The molecule has 0 amide bonds. The first kappa shape index (κ1) is 7.52. The molecule has 1 nitrogen and oxygen atoms in total. The lowest BCUT2D eigenvalue weighted by atomic mass is 9.91. The van der Waals surface area contributed by atoms with Crippen LogP contribution >= 0.6 is 0 Å². The van der Waals surface area contributed by atoms with Crippen LogP contribution in [0.15, 0.2) is 11.6 Å².